The fourth-order valence-corrected chi connectivity index (χ4v) is 1.91. The molecule has 0 bridgehead atoms. The summed E-state index contributed by atoms with van der Waals surface area (Å²) in [7, 11) is 0. The molecule has 0 fully saturated rings. The molecule has 2 rings (SSSR count). The molecule has 2 aromatic heterocycles. The molecule has 0 amide bonds. The molecular weight excluding hydrogens is 213 g/mol. The number of halogens is 1. The van der Waals surface area contributed by atoms with Gasteiger partial charge >= 0.3 is 0 Å². The second-order valence-corrected chi connectivity index (χ2v) is 4.35. The minimum absolute atomic E-state index is 0.281. The molecule has 2 aromatic rings. The molecule has 0 aromatic carbocycles. The normalized spacial score (nSPS) is 10.3. The highest BCUT2D eigenvalue weighted by molar-refractivity contribution is 7.11. The average Bonchev–Trinajstić information content (AvgIpc) is 2.63. The van der Waals surface area contributed by atoms with Gasteiger partial charge in [-0.2, -0.15) is 0 Å². The fraction of sp³-hybridized carbons (Fsp3) is 0.200. The van der Waals surface area contributed by atoms with Gasteiger partial charge in [0.1, 0.15) is 0 Å². The smallest absolute Gasteiger partial charge is 0.165 e. The third-order valence-corrected chi connectivity index (χ3v) is 2.77. The Hall–Kier alpha value is -1.49. The van der Waals surface area contributed by atoms with Crippen molar-refractivity contribution in [1.29, 1.82) is 0 Å². The van der Waals surface area contributed by atoms with Gasteiger partial charge in [0.15, 0.2) is 11.6 Å². The van der Waals surface area contributed by atoms with Crippen LogP contribution in [0.15, 0.2) is 24.5 Å². The topological polar surface area (TPSA) is 37.8 Å². The summed E-state index contributed by atoms with van der Waals surface area (Å²) in [6.07, 6.45) is 3.34. The minimum atomic E-state index is -0.335. The lowest BCUT2D eigenvalue weighted by molar-refractivity contribution is 0.624. The van der Waals surface area contributed by atoms with Crippen molar-refractivity contribution in [3.05, 3.63) is 40.2 Å². The van der Waals surface area contributed by atoms with Gasteiger partial charge in [0.05, 0.1) is 11.6 Å². The van der Waals surface area contributed by atoms with Crippen LogP contribution in [0.5, 0.6) is 0 Å². The van der Waals surface area contributed by atoms with Crippen LogP contribution >= 0.6 is 11.3 Å². The maximum absolute atomic E-state index is 13.2. The summed E-state index contributed by atoms with van der Waals surface area (Å²) in [6, 6.07) is 2.95. The molecule has 0 aliphatic heterocycles. The third kappa shape index (κ3) is 2.50. The van der Waals surface area contributed by atoms with E-state index in [-0.39, 0.29) is 11.6 Å². The summed E-state index contributed by atoms with van der Waals surface area (Å²) >= 11 is 1.59. The average molecular weight is 223 g/mol. The van der Waals surface area contributed by atoms with E-state index in [1.54, 1.807) is 29.8 Å². The van der Waals surface area contributed by atoms with E-state index in [0.717, 1.165) is 9.88 Å². The Morgan fingerprint density at radius 2 is 2.33 bits per heavy atom. The highest BCUT2D eigenvalue weighted by atomic mass is 32.1. The summed E-state index contributed by atoms with van der Waals surface area (Å²) in [6.45, 7) is 2.49. The van der Waals surface area contributed by atoms with E-state index in [4.69, 9.17) is 0 Å². The van der Waals surface area contributed by atoms with E-state index in [9.17, 15) is 4.39 Å². The van der Waals surface area contributed by atoms with Crippen molar-refractivity contribution in [2.24, 2.45) is 0 Å². The predicted octanol–water partition coefficient (Wildman–Crippen LogP) is 2.60. The molecule has 78 valence electrons. The van der Waals surface area contributed by atoms with Crippen molar-refractivity contribution in [2.75, 3.05) is 5.32 Å². The fourth-order valence-electron chi connectivity index (χ4n) is 1.17. The Bertz CT molecular complexity index is 455. The number of nitrogens with one attached hydrogen (secondary N) is 1. The summed E-state index contributed by atoms with van der Waals surface area (Å²) in [5.41, 5.74) is 0. The maximum Gasteiger partial charge on any atom is 0.165 e. The highest BCUT2D eigenvalue weighted by Crippen LogP contribution is 2.14. The first-order valence-corrected chi connectivity index (χ1v) is 5.33. The van der Waals surface area contributed by atoms with E-state index in [0.29, 0.717) is 6.54 Å². The molecule has 0 spiro atoms. The van der Waals surface area contributed by atoms with Gasteiger partial charge in [0, 0.05) is 17.3 Å². The van der Waals surface area contributed by atoms with Crippen LogP contribution < -0.4 is 5.32 Å². The molecule has 0 aliphatic rings. The van der Waals surface area contributed by atoms with Crippen LogP contribution in [0.1, 0.15) is 9.88 Å². The summed E-state index contributed by atoms with van der Waals surface area (Å²) < 4.78 is 13.2. The number of aromatic nitrogens is 2. The van der Waals surface area contributed by atoms with Crippen molar-refractivity contribution in [1.82, 2.24) is 9.97 Å². The van der Waals surface area contributed by atoms with Gasteiger partial charge in [0.2, 0.25) is 0 Å². The van der Waals surface area contributed by atoms with Gasteiger partial charge < -0.3 is 5.32 Å². The number of anilines is 1. The first kappa shape index (κ1) is 10.0. The first-order valence-electron chi connectivity index (χ1n) is 4.51. The second-order valence-electron chi connectivity index (χ2n) is 3.03. The number of nitrogens with zero attached hydrogens (tertiary/aromatic N) is 2. The SMILES string of the molecule is Cc1ncc(CNc2ncccc2F)s1. The standard InChI is InChI=1S/C10H10FN3S/c1-7-13-5-8(15-7)6-14-10-9(11)3-2-4-12-10/h2-5H,6H2,1H3,(H,12,14). The Labute approximate surface area is 91.0 Å². The number of rotatable bonds is 3. The van der Waals surface area contributed by atoms with Crippen LogP contribution in [-0.2, 0) is 6.54 Å². The number of hydrogen-bond donors (Lipinski definition) is 1. The largest absolute Gasteiger partial charge is 0.363 e. The lowest BCUT2D eigenvalue weighted by Crippen LogP contribution is -2.01. The lowest BCUT2D eigenvalue weighted by Gasteiger charge is -2.03. The summed E-state index contributed by atoms with van der Waals surface area (Å²) in [4.78, 5) is 9.08. The summed E-state index contributed by atoms with van der Waals surface area (Å²) in [5, 5.41) is 3.93. The van der Waals surface area contributed by atoms with Crippen LogP contribution in [0, 0.1) is 12.7 Å². The predicted molar refractivity (Wildman–Crippen MR) is 58.4 cm³/mol. The van der Waals surface area contributed by atoms with Gasteiger partial charge in [-0.05, 0) is 19.1 Å². The molecule has 2 heterocycles. The van der Waals surface area contributed by atoms with E-state index in [1.165, 1.54) is 6.07 Å². The van der Waals surface area contributed by atoms with Crippen LogP contribution in [-0.4, -0.2) is 9.97 Å². The van der Waals surface area contributed by atoms with Crippen molar-refractivity contribution < 1.29 is 4.39 Å². The zero-order valence-corrected chi connectivity index (χ0v) is 9.01. The Kier molecular flexibility index (Phi) is 2.91. The van der Waals surface area contributed by atoms with Crippen molar-refractivity contribution in [3.8, 4) is 0 Å². The molecule has 5 heteroatoms. The first-order chi connectivity index (χ1) is 7.25. The van der Waals surface area contributed by atoms with Crippen LogP contribution in [0.4, 0.5) is 10.2 Å². The molecule has 0 saturated heterocycles. The van der Waals surface area contributed by atoms with Gasteiger partial charge in [0.25, 0.3) is 0 Å². The van der Waals surface area contributed by atoms with Gasteiger partial charge in [-0.15, -0.1) is 11.3 Å². The number of thiazole rings is 1. The van der Waals surface area contributed by atoms with Crippen molar-refractivity contribution in [2.45, 2.75) is 13.5 Å². The van der Waals surface area contributed by atoms with Gasteiger partial charge in [-0.3, -0.25) is 0 Å². The second kappa shape index (κ2) is 4.35. The Balaban J connectivity index is 2.02. The molecule has 0 atom stereocenters. The number of aryl methyl sites for hydroxylation is 1. The molecule has 15 heavy (non-hydrogen) atoms. The van der Waals surface area contributed by atoms with E-state index in [2.05, 4.69) is 15.3 Å². The molecule has 0 saturated carbocycles. The Morgan fingerprint density at radius 3 is 3.00 bits per heavy atom. The molecule has 0 radical (unpaired) electrons. The van der Waals surface area contributed by atoms with Crippen LogP contribution in [0.3, 0.4) is 0 Å². The monoisotopic (exact) mass is 223 g/mol. The molecule has 0 unspecified atom stereocenters. The molecular formula is C10H10FN3S. The van der Waals surface area contributed by atoms with Crippen molar-refractivity contribution in [3.63, 3.8) is 0 Å². The number of hydrogen-bond acceptors (Lipinski definition) is 4. The number of pyridine rings is 1. The van der Waals surface area contributed by atoms with Gasteiger partial charge in [-0.1, -0.05) is 0 Å². The Morgan fingerprint density at radius 1 is 1.47 bits per heavy atom. The van der Waals surface area contributed by atoms with E-state index >= 15 is 0 Å². The molecule has 0 aliphatic carbocycles. The third-order valence-electron chi connectivity index (χ3n) is 1.86. The van der Waals surface area contributed by atoms with Crippen LogP contribution in [0.2, 0.25) is 0 Å². The van der Waals surface area contributed by atoms with E-state index in [1.807, 2.05) is 6.92 Å². The summed E-state index contributed by atoms with van der Waals surface area (Å²) in [5.74, 6) is -0.0534. The van der Waals surface area contributed by atoms with Gasteiger partial charge in [-0.25, -0.2) is 14.4 Å². The lowest BCUT2D eigenvalue weighted by atomic mass is 10.4. The zero-order valence-electron chi connectivity index (χ0n) is 8.20. The van der Waals surface area contributed by atoms with E-state index < -0.39 is 0 Å². The molecule has 3 nitrogen and oxygen atoms in total. The quantitative estimate of drug-likeness (QED) is 0.869. The minimum Gasteiger partial charge on any atom is -0.363 e. The highest BCUT2D eigenvalue weighted by Gasteiger charge is 2.02. The van der Waals surface area contributed by atoms with Crippen LogP contribution in [0.25, 0.3) is 0 Å². The van der Waals surface area contributed by atoms with Crippen molar-refractivity contribution >= 4 is 17.2 Å². The zero-order chi connectivity index (χ0) is 10.7. The maximum atomic E-state index is 13.2. The molecule has 1 N–H and O–H groups in total.